The first kappa shape index (κ1) is 15.2. The zero-order valence-electron chi connectivity index (χ0n) is 13.7. The third-order valence-corrected chi connectivity index (χ3v) is 4.75. The molecule has 0 saturated carbocycles. The van der Waals surface area contributed by atoms with E-state index < -0.39 is 0 Å². The van der Waals surface area contributed by atoms with E-state index in [0.29, 0.717) is 12.1 Å². The summed E-state index contributed by atoms with van der Waals surface area (Å²) in [5.74, 6) is 1.14. The number of rotatable bonds is 5. The van der Waals surface area contributed by atoms with Crippen molar-refractivity contribution in [2.75, 3.05) is 20.6 Å². The summed E-state index contributed by atoms with van der Waals surface area (Å²) in [7, 11) is 6.45. The molecule has 2 aromatic heterocycles. The summed E-state index contributed by atoms with van der Waals surface area (Å²) in [6.07, 6.45) is 9.96. The fourth-order valence-electron chi connectivity index (χ4n) is 3.45. The summed E-state index contributed by atoms with van der Waals surface area (Å²) in [5.41, 5.74) is 1.36. The zero-order valence-corrected chi connectivity index (χ0v) is 13.7. The first-order chi connectivity index (χ1) is 10.6. The molecule has 3 heterocycles. The second-order valence-corrected chi connectivity index (χ2v) is 6.37. The van der Waals surface area contributed by atoms with Crippen LogP contribution in [0.25, 0.3) is 0 Å². The second kappa shape index (κ2) is 6.58. The minimum atomic E-state index is 0.522. The molecular weight excluding hydrogens is 274 g/mol. The van der Waals surface area contributed by atoms with Crippen LogP contribution in [0.4, 0.5) is 0 Å². The highest BCUT2D eigenvalue weighted by Gasteiger charge is 2.35. The third kappa shape index (κ3) is 3.20. The van der Waals surface area contributed by atoms with Crippen LogP contribution in [0.2, 0.25) is 0 Å². The molecule has 22 heavy (non-hydrogen) atoms. The molecule has 5 nitrogen and oxygen atoms in total. The van der Waals surface area contributed by atoms with Gasteiger partial charge in [-0.3, -0.25) is 9.88 Å². The average Bonchev–Trinajstić information content (AvgIpc) is 3.08. The molecule has 0 bridgehead atoms. The highest BCUT2D eigenvalue weighted by Crippen LogP contribution is 2.26. The molecule has 1 fully saturated rings. The van der Waals surface area contributed by atoms with Crippen LogP contribution in [-0.2, 0) is 20.0 Å². The quantitative estimate of drug-likeness (QED) is 0.840. The number of likely N-dealkylation sites (N-methyl/N-ethyl adjacent to an activating group) is 1. The maximum Gasteiger partial charge on any atom is 0.122 e. The molecule has 1 aliphatic heterocycles. The maximum atomic E-state index is 4.49. The van der Waals surface area contributed by atoms with Gasteiger partial charge in [-0.05, 0) is 44.6 Å². The van der Waals surface area contributed by atoms with Crippen molar-refractivity contribution in [2.45, 2.75) is 31.5 Å². The summed E-state index contributed by atoms with van der Waals surface area (Å²) < 4.78 is 2.12. The highest BCUT2D eigenvalue weighted by atomic mass is 15.3. The molecule has 1 saturated heterocycles. The van der Waals surface area contributed by atoms with Crippen molar-refractivity contribution in [3.8, 4) is 0 Å². The third-order valence-electron chi connectivity index (χ3n) is 4.75. The molecule has 118 valence electrons. The van der Waals surface area contributed by atoms with E-state index in [-0.39, 0.29) is 0 Å². The Labute approximate surface area is 132 Å². The molecule has 0 radical (unpaired) electrons. The molecular formula is C17H25N5. The van der Waals surface area contributed by atoms with Gasteiger partial charge in [-0.25, -0.2) is 4.98 Å². The molecule has 1 aliphatic rings. The Bertz CT molecular complexity index is 592. The van der Waals surface area contributed by atoms with Gasteiger partial charge in [0.1, 0.15) is 5.82 Å². The fourth-order valence-corrected chi connectivity index (χ4v) is 3.45. The fraction of sp³-hybridized carbons (Fsp3) is 0.529. The van der Waals surface area contributed by atoms with Gasteiger partial charge in [0.25, 0.3) is 0 Å². The number of imidazole rings is 1. The van der Waals surface area contributed by atoms with Gasteiger partial charge in [0.05, 0.1) is 6.54 Å². The Balaban J connectivity index is 1.77. The Hall–Kier alpha value is -1.72. The Kier molecular flexibility index (Phi) is 4.55. The van der Waals surface area contributed by atoms with Gasteiger partial charge >= 0.3 is 0 Å². The summed E-state index contributed by atoms with van der Waals surface area (Å²) in [4.78, 5) is 13.6. The Morgan fingerprint density at radius 3 is 2.64 bits per heavy atom. The van der Waals surface area contributed by atoms with Crippen molar-refractivity contribution in [3.05, 3.63) is 48.3 Å². The number of aromatic nitrogens is 3. The van der Waals surface area contributed by atoms with Crippen molar-refractivity contribution in [1.82, 2.24) is 24.3 Å². The first-order valence-electron chi connectivity index (χ1n) is 7.90. The van der Waals surface area contributed by atoms with E-state index in [0.717, 1.165) is 25.3 Å². The van der Waals surface area contributed by atoms with Crippen LogP contribution in [0.3, 0.4) is 0 Å². The molecule has 2 aromatic rings. The molecule has 3 rings (SSSR count). The van der Waals surface area contributed by atoms with Gasteiger partial charge < -0.3 is 9.47 Å². The highest BCUT2D eigenvalue weighted by molar-refractivity contribution is 5.13. The molecule has 0 aromatic carbocycles. The zero-order chi connectivity index (χ0) is 15.5. The van der Waals surface area contributed by atoms with Crippen LogP contribution in [0.1, 0.15) is 17.8 Å². The van der Waals surface area contributed by atoms with Crippen molar-refractivity contribution >= 4 is 0 Å². The van der Waals surface area contributed by atoms with E-state index in [9.17, 15) is 0 Å². The van der Waals surface area contributed by atoms with Gasteiger partial charge in [-0.15, -0.1) is 0 Å². The van der Waals surface area contributed by atoms with Crippen LogP contribution < -0.4 is 0 Å². The lowest BCUT2D eigenvalue weighted by atomic mass is 10.00. The Morgan fingerprint density at radius 1 is 1.23 bits per heavy atom. The van der Waals surface area contributed by atoms with Crippen LogP contribution >= 0.6 is 0 Å². The Morgan fingerprint density at radius 2 is 2.00 bits per heavy atom. The van der Waals surface area contributed by atoms with Gasteiger partial charge in [0.15, 0.2) is 0 Å². The number of pyridine rings is 1. The summed E-state index contributed by atoms with van der Waals surface area (Å²) in [5, 5.41) is 0. The van der Waals surface area contributed by atoms with Crippen molar-refractivity contribution in [2.24, 2.45) is 7.05 Å². The van der Waals surface area contributed by atoms with Crippen molar-refractivity contribution in [1.29, 1.82) is 0 Å². The number of likely N-dealkylation sites (tertiary alicyclic amines) is 1. The van der Waals surface area contributed by atoms with Crippen molar-refractivity contribution in [3.63, 3.8) is 0 Å². The topological polar surface area (TPSA) is 37.2 Å². The van der Waals surface area contributed by atoms with Gasteiger partial charge in [-0.1, -0.05) is 0 Å². The lowest BCUT2D eigenvalue weighted by molar-refractivity contribution is 0.174. The van der Waals surface area contributed by atoms with E-state index in [4.69, 9.17) is 0 Å². The number of hydrogen-bond acceptors (Lipinski definition) is 4. The first-order valence-corrected chi connectivity index (χ1v) is 7.90. The minimum Gasteiger partial charge on any atom is -0.337 e. The van der Waals surface area contributed by atoms with Gasteiger partial charge in [-0.2, -0.15) is 0 Å². The van der Waals surface area contributed by atoms with Crippen LogP contribution in [0.5, 0.6) is 0 Å². The van der Waals surface area contributed by atoms with E-state index in [1.807, 2.05) is 24.8 Å². The largest absolute Gasteiger partial charge is 0.337 e. The SMILES string of the molecule is CN(C)[C@@H]1CCN(Cc2nccn2C)[C@H]1Cc1ccncc1. The van der Waals surface area contributed by atoms with E-state index in [1.165, 1.54) is 12.0 Å². The molecule has 0 N–H and O–H groups in total. The normalized spacial score (nSPS) is 22.5. The summed E-state index contributed by atoms with van der Waals surface area (Å²) in [6.45, 7) is 2.05. The number of aryl methyl sites for hydroxylation is 1. The van der Waals surface area contributed by atoms with Crippen molar-refractivity contribution < 1.29 is 0 Å². The summed E-state index contributed by atoms with van der Waals surface area (Å²) in [6, 6.07) is 5.37. The predicted molar refractivity (Wildman–Crippen MR) is 87.4 cm³/mol. The lowest BCUT2D eigenvalue weighted by Gasteiger charge is -2.31. The van der Waals surface area contributed by atoms with E-state index >= 15 is 0 Å². The minimum absolute atomic E-state index is 0.522. The standard InChI is InChI=1S/C17H25N5/c1-20(2)15-6-10-22(13-17-19-9-11-21(17)3)16(15)12-14-4-7-18-8-5-14/h4-5,7-9,11,15-16H,6,10,12-13H2,1-3H3/t15-,16+/m1/s1. The van der Waals surface area contributed by atoms with E-state index in [1.54, 1.807) is 0 Å². The average molecular weight is 299 g/mol. The molecule has 0 unspecified atom stereocenters. The smallest absolute Gasteiger partial charge is 0.122 e. The molecule has 5 heteroatoms. The summed E-state index contributed by atoms with van der Waals surface area (Å²) >= 11 is 0. The monoisotopic (exact) mass is 299 g/mol. The molecule has 0 spiro atoms. The van der Waals surface area contributed by atoms with E-state index in [2.05, 4.69) is 57.6 Å². The molecule has 0 aliphatic carbocycles. The predicted octanol–water partition coefficient (Wildman–Crippen LogP) is 1.56. The maximum absolute atomic E-state index is 4.49. The van der Waals surface area contributed by atoms with Crippen LogP contribution in [0, 0.1) is 0 Å². The van der Waals surface area contributed by atoms with Crippen LogP contribution in [0.15, 0.2) is 36.9 Å². The number of hydrogen-bond donors (Lipinski definition) is 0. The molecule has 2 atom stereocenters. The van der Waals surface area contributed by atoms with Gasteiger partial charge in [0.2, 0.25) is 0 Å². The van der Waals surface area contributed by atoms with Gasteiger partial charge in [0, 0.05) is 50.5 Å². The second-order valence-electron chi connectivity index (χ2n) is 6.37. The van der Waals surface area contributed by atoms with Crippen LogP contribution in [-0.4, -0.2) is 57.1 Å². The number of nitrogens with zero attached hydrogens (tertiary/aromatic N) is 5. The lowest BCUT2D eigenvalue weighted by Crippen LogP contribution is -2.43. The molecule has 0 amide bonds.